The Hall–Kier alpha value is -2.73. The number of nitrogens with zero attached hydrogens (tertiary/aromatic N) is 7. The largest absolute Gasteiger partial charge is 0.386 e. The Bertz CT molecular complexity index is 2050. The predicted molar refractivity (Wildman–Crippen MR) is 165 cm³/mol. The maximum atomic E-state index is 16.0. The molecule has 8 atom stereocenters. The van der Waals surface area contributed by atoms with Gasteiger partial charge < -0.3 is 39.6 Å². The number of nitrogen functional groups attached to an aromatic ring is 2. The first-order valence-electron chi connectivity index (χ1n) is 13.8. The van der Waals surface area contributed by atoms with Crippen LogP contribution in [0.5, 0.6) is 0 Å². The fourth-order valence-corrected chi connectivity index (χ4v) is 7.75. The fraction of sp³-hybridized carbons (Fsp3) is 0.545. The van der Waals surface area contributed by atoms with E-state index in [1.807, 2.05) is 0 Å². The summed E-state index contributed by atoms with van der Waals surface area (Å²) in [6, 6.07) is 0. The van der Waals surface area contributed by atoms with Gasteiger partial charge in [0.05, 0.1) is 32.5 Å². The summed E-state index contributed by atoms with van der Waals surface area (Å²) in [5, 5.41) is 0. The molecule has 4 aromatic rings. The van der Waals surface area contributed by atoms with Gasteiger partial charge in [0.2, 0.25) is 5.95 Å². The van der Waals surface area contributed by atoms with E-state index >= 15 is 8.78 Å². The molecule has 0 aromatic carbocycles. The number of aromatic amines is 1. The number of rotatable bonds is 11. The van der Waals surface area contributed by atoms with Crippen molar-refractivity contribution in [2.24, 2.45) is 0 Å². The predicted octanol–water partition coefficient (Wildman–Crippen LogP) is 1.03. The molecule has 3 aliphatic heterocycles. The van der Waals surface area contributed by atoms with Crippen LogP contribution in [0, 0.1) is 0 Å². The number of anilines is 2. The third-order valence-corrected chi connectivity index (χ3v) is 11.2. The summed E-state index contributed by atoms with van der Waals surface area (Å²) >= 11 is 8.74. The normalized spacial score (nSPS) is 30.6. The lowest BCUT2D eigenvalue weighted by Gasteiger charge is -2.32. The highest BCUT2D eigenvalue weighted by molar-refractivity contribution is 8.44. The number of hydrogen-bond acceptors (Lipinski definition) is 17. The average molecular weight is 755 g/mol. The lowest BCUT2D eigenvalue weighted by Crippen LogP contribution is -2.42. The second kappa shape index (κ2) is 12.0. The standard InChI is InChI=1S/C22H26F2N10O10P2S2/c1-38-45(36,47)40-3-10-22(23,24)13(19(42-10)34-8-30-12-16(34)31-20(26)32-17(12)35)44-46(37,48)41-5-21-2-9(39-4-21)18(43-21)33-7-29-11-14(25)27-6-28-15(11)33/h6-10,13,18-19H,2-5H2,1H3,(H,36,47)(H,37,48)(H2,25,27,28)(H3,26,31,32,35)/t9-,10-,13+,18-,19-,21-,45?,46?/m1/s1. The van der Waals surface area contributed by atoms with Gasteiger partial charge in [0.15, 0.2) is 47.3 Å². The number of nitrogens with two attached hydrogens (primary N) is 2. The van der Waals surface area contributed by atoms with E-state index in [4.69, 9.17) is 51.1 Å². The van der Waals surface area contributed by atoms with Crippen LogP contribution in [0.2, 0.25) is 0 Å². The van der Waals surface area contributed by atoms with Gasteiger partial charge in [-0.3, -0.25) is 28.0 Å². The number of fused-ring (bicyclic) bond motifs is 4. The van der Waals surface area contributed by atoms with E-state index in [1.54, 1.807) is 4.57 Å². The Labute approximate surface area is 277 Å². The topological polar surface area (TPSA) is 261 Å². The highest BCUT2D eigenvalue weighted by atomic mass is 32.7. The first kappa shape index (κ1) is 33.8. The first-order chi connectivity index (χ1) is 22.6. The van der Waals surface area contributed by atoms with Crippen LogP contribution in [0.25, 0.3) is 22.3 Å². The average Bonchev–Trinajstić information content (AvgIpc) is 3.84. The minimum Gasteiger partial charge on any atom is -0.382 e. The van der Waals surface area contributed by atoms with Gasteiger partial charge in [-0.1, -0.05) is 12.2 Å². The Balaban J connectivity index is 1.13. The number of hydrogen-bond donors (Lipinski definition) is 5. The molecule has 0 radical (unpaired) electrons. The van der Waals surface area contributed by atoms with Gasteiger partial charge in [-0.2, -0.15) is 4.98 Å². The van der Waals surface area contributed by atoms with E-state index in [0.717, 1.165) is 18.0 Å². The molecule has 26 heteroatoms. The van der Waals surface area contributed by atoms with E-state index in [9.17, 15) is 14.3 Å². The second-order valence-electron chi connectivity index (χ2n) is 11.0. The number of aromatic nitrogens is 8. The molecule has 0 aliphatic carbocycles. The molecule has 0 spiro atoms. The Morgan fingerprint density at radius 1 is 1.17 bits per heavy atom. The Morgan fingerprint density at radius 2 is 1.90 bits per heavy atom. The van der Waals surface area contributed by atoms with Crippen molar-refractivity contribution >= 4 is 71.7 Å². The fourth-order valence-electron chi connectivity index (χ4n) is 5.67. The molecule has 0 amide bonds. The first-order valence-corrected chi connectivity index (χ1v) is 19.1. The highest BCUT2D eigenvalue weighted by Crippen LogP contribution is 2.60. The third kappa shape index (κ3) is 5.92. The molecule has 0 saturated carbocycles. The zero-order valence-electron chi connectivity index (χ0n) is 24.4. The molecule has 3 aliphatic rings. The molecule has 260 valence electrons. The maximum absolute atomic E-state index is 16.0. The molecule has 3 saturated heterocycles. The van der Waals surface area contributed by atoms with Crippen LogP contribution in [-0.2, 0) is 48.7 Å². The summed E-state index contributed by atoms with van der Waals surface area (Å²) in [6.07, 6.45) is -3.62. The zero-order valence-corrected chi connectivity index (χ0v) is 27.9. The number of H-pyrrole nitrogens is 1. The van der Waals surface area contributed by atoms with Crippen LogP contribution in [0.15, 0.2) is 23.8 Å². The van der Waals surface area contributed by atoms with Crippen LogP contribution in [0.3, 0.4) is 0 Å². The lowest BCUT2D eigenvalue weighted by atomic mass is 10.0. The van der Waals surface area contributed by atoms with Gasteiger partial charge in [0.1, 0.15) is 23.5 Å². The molecule has 6 N–H and O–H groups in total. The minimum absolute atomic E-state index is 0.0195. The molecule has 4 aromatic heterocycles. The SMILES string of the molecule is COP(O)(=S)OC[C@H]1O[C@@H](n2cnc3c(=O)[nH]c(N)nc32)[C@H](OP(=O)(S)OC[C@]23CO[C@H](C2)[C@H](n2cnc4c(N)ncnc42)O3)C1(F)F. The minimum atomic E-state index is -4.67. The molecule has 48 heavy (non-hydrogen) atoms. The van der Waals surface area contributed by atoms with Crippen LogP contribution in [0.1, 0.15) is 18.9 Å². The number of halogens is 2. The molecule has 3 fully saturated rings. The van der Waals surface area contributed by atoms with Crippen molar-refractivity contribution in [3.05, 3.63) is 29.3 Å². The molecule has 20 nitrogen and oxygen atoms in total. The lowest BCUT2D eigenvalue weighted by molar-refractivity contribution is -0.180. The van der Waals surface area contributed by atoms with E-state index in [-0.39, 0.29) is 36.0 Å². The van der Waals surface area contributed by atoms with Gasteiger partial charge in [-0.05, 0) is 11.8 Å². The third-order valence-electron chi connectivity index (χ3n) is 7.94. The Morgan fingerprint density at radius 3 is 2.65 bits per heavy atom. The molecule has 2 bridgehead atoms. The molecule has 7 heterocycles. The van der Waals surface area contributed by atoms with Crippen molar-refractivity contribution in [1.29, 1.82) is 0 Å². The van der Waals surface area contributed by atoms with E-state index in [2.05, 4.69) is 46.7 Å². The quantitative estimate of drug-likeness (QED) is 0.106. The zero-order chi connectivity index (χ0) is 34.2. The maximum Gasteiger partial charge on any atom is 0.386 e. The van der Waals surface area contributed by atoms with Crippen molar-refractivity contribution in [3.8, 4) is 0 Å². The number of alkyl halides is 2. The summed E-state index contributed by atoms with van der Waals surface area (Å²) in [5.74, 6) is -4.17. The number of nitrogens with one attached hydrogen (secondary N) is 1. The van der Waals surface area contributed by atoms with Gasteiger partial charge in [-0.15, -0.1) is 0 Å². The van der Waals surface area contributed by atoms with Crippen LogP contribution in [-0.4, -0.2) is 101 Å². The summed E-state index contributed by atoms with van der Waals surface area (Å²) in [4.78, 5) is 44.9. The summed E-state index contributed by atoms with van der Waals surface area (Å²) in [6.45, 7) is -9.96. The number of imidazole rings is 2. The summed E-state index contributed by atoms with van der Waals surface area (Å²) < 4.78 is 86.6. The van der Waals surface area contributed by atoms with E-state index in [0.29, 0.717) is 11.2 Å². The van der Waals surface area contributed by atoms with Gasteiger partial charge in [0, 0.05) is 13.5 Å². The molecule has 7 rings (SSSR count). The summed E-state index contributed by atoms with van der Waals surface area (Å²) in [5.41, 5.74) is 9.88. The van der Waals surface area contributed by atoms with Crippen LogP contribution >= 0.6 is 25.8 Å². The summed E-state index contributed by atoms with van der Waals surface area (Å²) in [7, 11) is 1.04. The molecular weight excluding hydrogens is 728 g/mol. The van der Waals surface area contributed by atoms with Crippen LogP contribution in [0.4, 0.5) is 20.5 Å². The van der Waals surface area contributed by atoms with Crippen molar-refractivity contribution in [2.45, 2.75) is 48.7 Å². The molecular formula is C22H26F2N10O10P2S2. The van der Waals surface area contributed by atoms with Crippen LogP contribution < -0.4 is 17.0 Å². The van der Waals surface area contributed by atoms with Gasteiger partial charge >= 0.3 is 19.4 Å². The Kier molecular flexibility index (Phi) is 8.41. The van der Waals surface area contributed by atoms with E-state index in [1.165, 1.54) is 12.7 Å². The van der Waals surface area contributed by atoms with Gasteiger partial charge in [0.25, 0.3) is 5.56 Å². The highest BCUT2D eigenvalue weighted by Gasteiger charge is 2.63. The molecule has 2 unspecified atom stereocenters. The monoisotopic (exact) mass is 754 g/mol. The van der Waals surface area contributed by atoms with E-state index < -0.39 is 74.6 Å². The van der Waals surface area contributed by atoms with Gasteiger partial charge in [-0.25, -0.2) is 33.3 Å². The van der Waals surface area contributed by atoms with Crippen molar-refractivity contribution < 1.29 is 50.5 Å². The number of thiol groups is 1. The smallest absolute Gasteiger partial charge is 0.382 e. The van der Waals surface area contributed by atoms with Crippen molar-refractivity contribution in [1.82, 2.24) is 39.0 Å². The van der Waals surface area contributed by atoms with Crippen molar-refractivity contribution in [2.75, 3.05) is 38.4 Å². The van der Waals surface area contributed by atoms with Crippen molar-refractivity contribution in [3.63, 3.8) is 0 Å². The number of ether oxygens (including phenoxy) is 3. The second-order valence-corrected chi connectivity index (χ2v) is 16.8.